The number of allylic oxidation sites excluding steroid dienone is 1. The maximum absolute atomic E-state index is 12.5. The molecule has 0 unspecified atom stereocenters. The third-order valence-corrected chi connectivity index (χ3v) is 6.44. The van der Waals surface area contributed by atoms with Crippen LogP contribution >= 0.6 is 11.8 Å². The van der Waals surface area contributed by atoms with E-state index in [1.54, 1.807) is 0 Å². The van der Waals surface area contributed by atoms with Crippen LogP contribution in [0.4, 0.5) is 11.4 Å². The quantitative estimate of drug-likeness (QED) is 0.632. The number of carbonyl (C=O) groups is 1. The van der Waals surface area contributed by atoms with Crippen LogP contribution in [0.15, 0.2) is 58.4 Å². The Kier molecular flexibility index (Phi) is 5.33. The van der Waals surface area contributed by atoms with Gasteiger partial charge in [-0.2, -0.15) is 0 Å². The summed E-state index contributed by atoms with van der Waals surface area (Å²) in [5.41, 5.74) is 6.77. The first-order valence-electron chi connectivity index (χ1n) is 10.2. The molecule has 0 aliphatic carbocycles. The van der Waals surface area contributed by atoms with Crippen LogP contribution in [0.2, 0.25) is 0 Å². The number of amides is 1. The van der Waals surface area contributed by atoms with Gasteiger partial charge in [-0.25, -0.2) is 4.99 Å². The third-order valence-electron chi connectivity index (χ3n) is 5.53. The summed E-state index contributed by atoms with van der Waals surface area (Å²) in [4.78, 5) is 20.1. The van der Waals surface area contributed by atoms with Crippen LogP contribution in [0.3, 0.4) is 0 Å². The number of benzene rings is 2. The number of nitrogens with zero attached hydrogens (tertiary/aromatic N) is 2. The van der Waals surface area contributed by atoms with Crippen molar-refractivity contribution in [3.63, 3.8) is 0 Å². The van der Waals surface area contributed by atoms with Gasteiger partial charge in [0.2, 0.25) is 0 Å². The second-order valence-electron chi connectivity index (χ2n) is 8.32. The van der Waals surface area contributed by atoms with Gasteiger partial charge in [0.05, 0.1) is 16.1 Å². The van der Waals surface area contributed by atoms with Crippen molar-refractivity contribution in [2.75, 3.05) is 11.4 Å². The van der Waals surface area contributed by atoms with Crippen molar-refractivity contribution in [3.8, 4) is 0 Å². The summed E-state index contributed by atoms with van der Waals surface area (Å²) in [5, 5.41) is 3.49. The molecule has 154 valence electrons. The highest BCUT2D eigenvalue weighted by atomic mass is 32.2. The maximum Gasteiger partial charge on any atom is 0.264 e. The Morgan fingerprint density at radius 2 is 1.87 bits per heavy atom. The van der Waals surface area contributed by atoms with Crippen LogP contribution in [-0.4, -0.2) is 23.2 Å². The molecule has 1 saturated heterocycles. The lowest BCUT2D eigenvalue weighted by Gasteiger charge is -2.42. The monoisotopic (exact) mass is 417 g/mol. The van der Waals surface area contributed by atoms with Crippen molar-refractivity contribution in [2.45, 2.75) is 40.2 Å². The molecule has 4 nitrogen and oxygen atoms in total. The Balaban J connectivity index is 1.62. The molecule has 1 N–H and O–H groups in total. The molecule has 0 aromatic heterocycles. The van der Waals surface area contributed by atoms with Gasteiger partial charge >= 0.3 is 0 Å². The molecule has 0 saturated carbocycles. The number of fused-ring (bicyclic) bond motifs is 1. The first kappa shape index (κ1) is 20.5. The predicted octanol–water partition coefficient (Wildman–Crippen LogP) is 5.91. The van der Waals surface area contributed by atoms with Crippen molar-refractivity contribution in [3.05, 3.63) is 70.1 Å². The lowest BCUT2D eigenvalue weighted by molar-refractivity contribution is -0.115. The number of rotatable bonds is 3. The SMILES string of the molecule is CCN1c2ccc(/C=C3/SC(=Nc4ccc(C)cc4)NC3=O)cc2C(C)=CC1(C)C. The van der Waals surface area contributed by atoms with E-state index in [2.05, 4.69) is 67.2 Å². The Bertz CT molecular complexity index is 1090. The number of nitrogens with one attached hydrogen (secondary N) is 1. The molecule has 2 heterocycles. The second-order valence-corrected chi connectivity index (χ2v) is 9.35. The van der Waals surface area contributed by atoms with Crippen LogP contribution in [-0.2, 0) is 4.79 Å². The smallest absolute Gasteiger partial charge is 0.264 e. The summed E-state index contributed by atoms with van der Waals surface area (Å²) >= 11 is 1.38. The van der Waals surface area contributed by atoms with Crippen LogP contribution in [0.25, 0.3) is 11.6 Å². The fourth-order valence-corrected chi connectivity index (χ4v) is 4.98. The van der Waals surface area contributed by atoms with Gasteiger partial charge in [-0.3, -0.25) is 4.79 Å². The second kappa shape index (κ2) is 7.80. The highest BCUT2D eigenvalue weighted by molar-refractivity contribution is 8.18. The van der Waals surface area contributed by atoms with Gasteiger partial charge in [0.1, 0.15) is 0 Å². The molecule has 2 aliphatic heterocycles. The summed E-state index contributed by atoms with van der Waals surface area (Å²) < 4.78 is 0. The van der Waals surface area contributed by atoms with Crippen LogP contribution < -0.4 is 10.2 Å². The van der Waals surface area contributed by atoms with E-state index >= 15 is 0 Å². The number of likely N-dealkylation sites (N-methyl/N-ethyl adjacent to an activating group) is 1. The standard InChI is InChI=1S/C25H27N3OS/c1-6-28-21-12-9-18(13-20(21)17(3)15-25(28,4)5)14-22-23(29)27-24(30-22)26-19-10-7-16(2)8-11-19/h7-15H,6H2,1-5H3,(H,26,27,29)/b22-14+. The lowest BCUT2D eigenvalue weighted by Crippen LogP contribution is -2.44. The molecule has 0 spiro atoms. The number of carbonyl (C=O) groups excluding carboxylic acids is 1. The minimum atomic E-state index is -0.104. The minimum absolute atomic E-state index is 0.00561. The summed E-state index contributed by atoms with van der Waals surface area (Å²) in [6.45, 7) is 11.8. The van der Waals surface area contributed by atoms with E-state index in [-0.39, 0.29) is 11.4 Å². The average Bonchev–Trinajstić information content (AvgIpc) is 3.02. The van der Waals surface area contributed by atoms with E-state index in [1.165, 1.54) is 34.1 Å². The molecule has 0 atom stereocenters. The fourth-order valence-electron chi connectivity index (χ4n) is 4.14. The summed E-state index contributed by atoms with van der Waals surface area (Å²) in [7, 11) is 0. The average molecular weight is 418 g/mol. The van der Waals surface area contributed by atoms with Crippen molar-refractivity contribution >= 4 is 45.9 Å². The Hall–Kier alpha value is -2.79. The van der Waals surface area contributed by atoms with Gasteiger partial charge in [0.25, 0.3) is 5.91 Å². The first-order chi connectivity index (χ1) is 14.3. The molecule has 0 bridgehead atoms. The van der Waals surface area contributed by atoms with Crippen LogP contribution in [0, 0.1) is 6.92 Å². The molecular weight excluding hydrogens is 390 g/mol. The molecule has 2 aromatic carbocycles. The molecule has 5 heteroatoms. The Labute approximate surface area is 182 Å². The molecule has 2 aliphatic rings. The van der Waals surface area contributed by atoms with Crippen molar-refractivity contribution in [1.82, 2.24) is 5.32 Å². The number of anilines is 1. The van der Waals surface area contributed by atoms with Gasteiger partial charge < -0.3 is 10.2 Å². The lowest BCUT2D eigenvalue weighted by atomic mass is 9.88. The number of thioether (sulfide) groups is 1. The van der Waals surface area contributed by atoms with E-state index in [0.717, 1.165) is 17.8 Å². The molecule has 0 radical (unpaired) electrons. The molecule has 4 rings (SSSR count). The number of amidine groups is 1. The minimum Gasteiger partial charge on any atom is -0.363 e. The van der Waals surface area contributed by atoms with E-state index < -0.39 is 0 Å². The fraction of sp³-hybridized carbons (Fsp3) is 0.280. The molecule has 30 heavy (non-hydrogen) atoms. The third kappa shape index (κ3) is 3.94. The van der Waals surface area contributed by atoms with Gasteiger partial charge in [0.15, 0.2) is 5.17 Å². The summed E-state index contributed by atoms with van der Waals surface area (Å²) in [6.07, 6.45) is 4.26. The van der Waals surface area contributed by atoms with E-state index in [0.29, 0.717) is 10.1 Å². The van der Waals surface area contributed by atoms with Gasteiger partial charge in [-0.05, 0) is 87.9 Å². The number of hydrogen-bond acceptors (Lipinski definition) is 4. The normalized spacial score (nSPS) is 20.4. The van der Waals surface area contributed by atoms with E-state index in [9.17, 15) is 4.79 Å². The van der Waals surface area contributed by atoms with Crippen LogP contribution in [0.1, 0.15) is 44.4 Å². The topological polar surface area (TPSA) is 44.7 Å². The largest absolute Gasteiger partial charge is 0.363 e. The predicted molar refractivity (Wildman–Crippen MR) is 129 cm³/mol. The van der Waals surface area contributed by atoms with Crippen molar-refractivity contribution < 1.29 is 4.79 Å². The Morgan fingerprint density at radius 1 is 1.13 bits per heavy atom. The van der Waals surface area contributed by atoms with E-state index in [1.807, 2.05) is 37.3 Å². The van der Waals surface area contributed by atoms with Gasteiger partial charge in [0, 0.05) is 17.8 Å². The molecule has 2 aromatic rings. The summed E-state index contributed by atoms with van der Waals surface area (Å²) in [5.74, 6) is -0.104. The number of aryl methyl sites for hydroxylation is 1. The number of aliphatic imine (C=N–C) groups is 1. The van der Waals surface area contributed by atoms with Crippen molar-refractivity contribution in [2.24, 2.45) is 4.99 Å². The van der Waals surface area contributed by atoms with Gasteiger partial charge in [-0.15, -0.1) is 0 Å². The molecular formula is C25H27N3OS. The van der Waals surface area contributed by atoms with E-state index in [4.69, 9.17) is 0 Å². The number of hydrogen-bond donors (Lipinski definition) is 1. The highest BCUT2D eigenvalue weighted by Crippen LogP contribution is 2.39. The molecule has 1 fully saturated rings. The first-order valence-corrected chi connectivity index (χ1v) is 11.1. The zero-order chi connectivity index (χ0) is 21.5. The zero-order valence-electron chi connectivity index (χ0n) is 18.1. The van der Waals surface area contributed by atoms with Gasteiger partial charge in [-0.1, -0.05) is 29.8 Å². The van der Waals surface area contributed by atoms with Crippen molar-refractivity contribution in [1.29, 1.82) is 0 Å². The highest BCUT2D eigenvalue weighted by Gasteiger charge is 2.30. The molecule has 1 amide bonds. The zero-order valence-corrected chi connectivity index (χ0v) is 18.9. The maximum atomic E-state index is 12.5. The van der Waals surface area contributed by atoms with Crippen LogP contribution in [0.5, 0.6) is 0 Å². The Morgan fingerprint density at radius 3 is 2.57 bits per heavy atom. The summed E-state index contributed by atoms with van der Waals surface area (Å²) in [6, 6.07) is 14.4.